The second-order valence-corrected chi connectivity index (χ2v) is 8.51. The molecule has 3 saturated heterocycles. The molecule has 0 saturated carbocycles. The molecule has 0 bridgehead atoms. The highest BCUT2D eigenvalue weighted by Gasteiger charge is 2.33. The number of carbonyl (C=O) groups excluding carboxylic acids is 2. The first kappa shape index (κ1) is 19.6. The highest BCUT2D eigenvalue weighted by molar-refractivity contribution is 6.08. The zero-order chi connectivity index (χ0) is 19.5. The lowest BCUT2D eigenvalue weighted by Gasteiger charge is -2.41. The molecule has 0 radical (unpaired) electrons. The smallest absolute Gasteiger partial charge is 0.256 e. The van der Waals surface area contributed by atoms with Gasteiger partial charge < -0.3 is 19.4 Å². The molecule has 3 fully saturated rings. The fraction of sp³-hybridized carbons (Fsp3) is 0.727. The van der Waals surface area contributed by atoms with Crippen LogP contribution in [0.15, 0.2) is 23.4 Å². The second-order valence-electron chi connectivity index (χ2n) is 8.51. The quantitative estimate of drug-likeness (QED) is 0.738. The third-order valence-electron chi connectivity index (χ3n) is 6.83. The lowest BCUT2D eigenvalue weighted by Crippen LogP contribution is -2.50. The van der Waals surface area contributed by atoms with Crippen molar-refractivity contribution in [2.45, 2.75) is 57.0 Å². The predicted octanol–water partition coefficient (Wildman–Crippen LogP) is 1.97. The highest BCUT2D eigenvalue weighted by atomic mass is 16.5. The highest BCUT2D eigenvalue weighted by Crippen LogP contribution is 2.27. The lowest BCUT2D eigenvalue weighted by molar-refractivity contribution is -0.129. The average molecular weight is 388 g/mol. The standard InChI is InChI=1S/C22H33N3O3/c1-23(17-7-13-24(14-8-17)18-9-15-28-16-10-18)22(27)19-5-4-6-20(26)21(19)25-11-2-3-12-25/h4-5,17-18H,2-3,6-16H2,1H3. The van der Waals surface area contributed by atoms with Crippen molar-refractivity contribution in [1.82, 2.24) is 14.7 Å². The molecule has 0 unspecified atom stereocenters. The Kier molecular flexibility index (Phi) is 6.16. The van der Waals surface area contributed by atoms with E-state index in [2.05, 4.69) is 9.80 Å². The summed E-state index contributed by atoms with van der Waals surface area (Å²) in [5.74, 6) is 0.103. The van der Waals surface area contributed by atoms with Gasteiger partial charge in [0.25, 0.3) is 5.91 Å². The van der Waals surface area contributed by atoms with E-state index < -0.39 is 0 Å². The molecule has 0 N–H and O–H groups in total. The summed E-state index contributed by atoms with van der Waals surface area (Å²) in [4.78, 5) is 32.5. The van der Waals surface area contributed by atoms with E-state index in [1.807, 2.05) is 24.1 Å². The van der Waals surface area contributed by atoms with Gasteiger partial charge in [-0.05, 0) is 38.5 Å². The summed E-state index contributed by atoms with van der Waals surface area (Å²) in [6.45, 7) is 5.60. The summed E-state index contributed by atoms with van der Waals surface area (Å²) >= 11 is 0. The number of Topliss-reactive ketones (excluding diaryl/α,β-unsaturated/α-hetero) is 1. The Morgan fingerprint density at radius 1 is 1.07 bits per heavy atom. The van der Waals surface area contributed by atoms with E-state index in [9.17, 15) is 9.59 Å². The number of nitrogens with zero attached hydrogens (tertiary/aromatic N) is 3. The van der Waals surface area contributed by atoms with E-state index in [4.69, 9.17) is 4.74 Å². The molecule has 3 heterocycles. The zero-order valence-corrected chi connectivity index (χ0v) is 17.1. The molecule has 1 aliphatic carbocycles. The summed E-state index contributed by atoms with van der Waals surface area (Å²) in [6, 6.07) is 0.889. The number of hydrogen-bond donors (Lipinski definition) is 0. The van der Waals surface area contributed by atoms with Crippen molar-refractivity contribution in [1.29, 1.82) is 0 Å². The first-order chi connectivity index (χ1) is 13.6. The number of allylic oxidation sites excluding steroid dienone is 2. The van der Waals surface area contributed by atoms with Gasteiger partial charge in [-0.3, -0.25) is 9.59 Å². The first-order valence-corrected chi connectivity index (χ1v) is 10.9. The van der Waals surface area contributed by atoms with Crippen molar-refractivity contribution >= 4 is 11.7 Å². The number of hydrogen-bond acceptors (Lipinski definition) is 5. The van der Waals surface area contributed by atoms with Crippen LogP contribution >= 0.6 is 0 Å². The minimum atomic E-state index is 0.00992. The van der Waals surface area contributed by atoms with E-state index in [1.54, 1.807) is 0 Å². The first-order valence-electron chi connectivity index (χ1n) is 10.9. The molecule has 28 heavy (non-hydrogen) atoms. The molecule has 6 nitrogen and oxygen atoms in total. The molecule has 0 aromatic rings. The molecule has 0 spiro atoms. The number of amides is 1. The number of ether oxygens (including phenoxy) is 1. The average Bonchev–Trinajstić information content (AvgIpc) is 3.27. The van der Waals surface area contributed by atoms with Gasteiger partial charge in [-0.25, -0.2) is 0 Å². The largest absolute Gasteiger partial charge is 0.381 e. The Hall–Kier alpha value is -1.66. The van der Waals surface area contributed by atoms with Crippen LogP contribution < -0.4 is 0 Å². The molecule has 0 atom stereocenters. The van der Waals surface area contributed by atoms with E-state index in [0.29, 0.717) is 23.7 Å². The summed E-state index contributed by atoms with van der Waals surface area (Å²) < 4.78 is 5.49. The van der Waals surface area contributed by atoms with Crippen LogP contribution in [0.25, 0.3) is 0 Å². The van der Waals surface area contributed by atoms with E-state index in [0.717, 1.165) is 77.9 Å². The normalized spacial score (nSPS) is 25.6. The maximum absolute atomic E-state index is 13.3. The third-order valence-corrected chi connectivity index (χ3v) is 6.83. The Bertz CT molecular complexity index is 652. The van der Waals surface area contributed by atoms with Gasteiger partial charge in [0.05, 0.1) is 11.3 Å². The van der Waals surface area contributed by atoms with Crippen LogP contribution in [0.5, 0.6) is 0 Å². The number of likely N-dealkylation sites (tertiary alicyclic amines) is 2. The van der Waals surface area contributed by atoms with Crippen molar-refractivity contribution < 1.29 is 14.3 Å². The van der Waals surface area contributed by atoms with Gasteiger partial charge in [0.2, 0.25) is 0 Å². The fourth-order valence-corrected chi connectivity index (χ4v) is 5.11. The number of piperidine rings is 1. The number of ketones is 1. The predicted molar refractivity (Wildman–Crippen MR) is 108 cm³/mol. The molecule has 1 amide bonds. The van der Waals surface area contributed by atoms with Crippen molar-refractivity contribution in [3.05, 3.63) is 23.4 Å². The summed E-state index contributed by atoms with van der Waals surface area (Å²) in [7, 11) is 1.92. The van der Waals surface area contributed by atoms with E-state index >= 15 is 0 Å². The number of carbonyl (C=O) groups is 2. The minimum Gasteiger partial charge on any atom is -0.381 e. The summed E-state index contributed by atoms with van der Waals surface area (Å²) in [5.41, 5.74) is 1.27. The van der Waals surface area contributed by atoms with Gasteiger partial charge in [0.15, 0.2) is 5.78 Å². The molecule has 154 valence electrons. The van der Waals surface area contributed by atoms with Crippen LogP contribution in [0, 0.1) is 0 Å². The summed E-state index contributed by atoms with van der Waals surface area (Å²) in [5, 5.41) is 0. The van der Waals surface area contributed by atoms with Gasteiger partial charge in [-0.2, -0.15) is 0 Å². The molecule has 0 aromatic heterocycles. The van der Waals surface area contributed by atoms with Crippen LogP contribution in [0.4, 0.5) is 0 Å². The zero-order valence-electron chi connectivity index (χ0n) is 17.1. The van der Waals surface area contributed by atoms with Gasteiger partial charge in [0, 0.05) is 64.9 Å². The van der Waals surface area contributed by atoms with Crippen LogP contribution in [-0.2, 0) is 14.3 Å². The topological polar surface area (TPSA) is 53.1 Å². The molecular weight excluding hydrogens is 354 g/mol. The maximum Gasteiger partial charge on any atom is 0.256 e. The lowest BCUT2D eigenvalue weighted by atomic mass is 9.96. The molecule has 0 aromatic carbocycles. The van der Waals surface area contributed by atoms with E-state index in [-0.39, 0.29) is 17.7 Å². The van der Waals surface area contributed by atoms with Crippen LogP contribution in [-0.4, -0.2) is 84.9 Å². The van der Waals surface area contributed by atoms with Crippen molar-refractivity contribution in [2.75, 3.05) is 46.4 Å². The van der Waals surface area contributed by atoms with Gasteiger partial charge in [-0.15, -0.1) is 0 Å². The van der Waals surface area contributed by atoms with Crippen molar-refractivity contribution in [2.24, 2.45) is 0 Å². The Balaban J connectivity index is 1.42. The minimum absolute atomic E-state index is 0.00992. The SMILES string of the molecule is CN(C(=O)C1=C(N2CCCC2)C(=O)CC=C1)C1CCN(C2CCOCC2)CC1. The number of rotatable bonds is 4. The van der Waals surface area contributed by atoms with Gasteiger partial charge in [-0.1, -0.05) is 12.2 Å². The molecule has 3 aliphatic heterocycles. The molecule has 4 aliphatic rings. The van der Waals surface area contributed by atoms with Crippen LogP contribution in [0.3, 0.4) is 0 Å². The number of likely N-dealkylation sites (N-methyl/N-ethyl adjacent to an activating group) is 1. The Morgan fingerprint density at radius 3 is 2.43 bits per heavy atom. The van der Waals surface area contributed by atoms with Crippen LogP contribution in [0.2, 0.25) is 0 Å². The van der Waals surface area contributed by atoms with Crippen LogP contribution in [0.1, 0.15) is 44.9 Å². The van der Waals surface area contributed by atoms with Gasteiger partial charge in [0.1, 0.15) is 0 Å². The van der Waals surface area contributed by atoms with Crippen molar-refractivity contribution in [3.8, 4) is 0 Å². The third kappa shape index (κ3) is 4.03. The van der Waals surface area contributed by atoms with Crippen molar-refractivity contribution in [3.63, 3.8) is 0 Å². The maximum atomic E-state index is 13.3. The fourth-order valence-electron chi connectivity index (χ4n) is 5.11. The molecule has 4 rings (SSSR count). The molecular formula is C22H33N3O3. The molecule has 6 heteroatoms. The monoisotopic (exact) mass is 387 g/mol. The van der Waals surface area contributed by atoms with Gasteiger partial charge >= 0.3 is 0 Å². The Labute approximate surface area is 168 Å². The second kappa shape index (κ2) is 8.78. The van der Waals surface area contributed by atoms with E-state index in [1.165, 1.54) is 0 Å². The summed E-state index contributed by atoms with van der Waals surface area (Å²) in [6.07, 6.45) is 10.6. The Morgan fingerprint density at radius 2 is 1.75 bits per heavy atom.